The van der Waals surface area contributed by atoms with E-state index in [-0.39, 0.29) is 29.3 Å². The smallest absolute Gasteiger partial charge is 0.201 e. The first-order chi connectivity index (χ1) is 11.0. The van der Waals surface area contributed by atoms with Crippen LogP contribution in [-0.4, -0.2) is 30.2 Å². The Labute approximate surface area is 132 Å². The number of hydrogen-bond acceptors (Lipinski definition) is 6. The number of ketones is 1. The van der Waals surface area contributed by atoms with Gasteiger partial charge in [-0.05, 0) is 17.7 Å². The summed E-state index contributed by atoms with van der Waals surface area (Å²) in [4.78, 5) is 12.3. The van der Waals surface area contributed by atoms with E-state index in [1.807, 2.05) is 12.1 Å². The van der Waals surface area contributed by atoms with Crippen molar-refractivity contribution in [3.63, 3.8) is 0 Å². The van der Waals surface area contributed by atoms with Gasteiger partial charge in [-0.2, -0.15) is 0 Å². The van der Waals surface area contributed by atoms with E-state index in [0.717, 1.165) is 5.56 Å². The van der Waals surface area contributed by atoms with Gasteiger partial charge in [-0.15, -0.1) is 0 Å². The van der Waals surface area contributed by atoms with Crippen molar-refractivity contribution in [3.05, 3.63) is 41.5 Å². The average Bonchev–Trinajstić information content (AvgIpc) is 2.57. The number of ether oxygens (including phenoxy) is 3. The highest BCUT2D eigenvalue weighted by Crippen LogP contribution is 2.48. The van der Waals surface area contributed by atoms with Gasteiger partial charge >= 0.3 is 0 Å². The summed E-state index contributed by atoms with van der Waals surface area (Å²) in [5.41, 5.74) is 0.796. The Morgan fingerprint density at radius 1 is 1.09 bits per heavy atom. The lowest BCUT2D eigenvalue weighted by atomic mass is 9.95. The third-order valence-electron chi connectivity index (χ3n) is 3.83. The van der Waals surface area contributed by atoms with Gasteiger partial charge in [0, 0.05) is 6.07 Å². The van der Waals surface area contributed by atoms with Crippen LogP contribution in [0.2, 0.25) is 0 Å². The molecule has 1 unspecified atom stereocenters. The maximum Gasteiger partial charge on any atom is 0.201 e. The molecule has 0 radical (unpaired) electrons. The normalized spacial score (nSPS) is 16.4. The number of methoxy groups -OCH3 is 2. The third-order valence-corrected chi connectivity index (χ3v) is 3.83. The first-order valence-corrected chi connectivity index (χ1v) is 7.02. The second-order valence-electron chi connectivity index (χ2n) is 5.16. The molecule has 120 valence electrons. The van der Waals surface area contributed by atoms with Crippen LogP contribution >= 0.6 is 0 Å². The molecule has 2 aromatic rings. The van der Waals surface area contributed by atoms with Crippen LogP contribution in [0.3, 0.4) is 0 Å². The third kappa shape index (κ3) is 2.52. The zero-order chi connectivity index (χ0) is 16.6. The van der Waals surface area contributed by atoms with Crippen molar-refractivity contribution in [2.75, 3.05) is 14.2 Å². The molecule has 1 aliphatic rings. The molecule has 0 aliphatic carbocycles. The van der Waals surface area contributed by atoms with Gasteiger partial charge in [0.1, 0.15) is 23.2 Å². The highest BCUT2D eigenvalue weighted by atomic mass is 16.5. The Morgan fingerprint density at radius 3 is 2.39 bits per heavy atom. The number of carbonyl (C=O) groups is 1. The number of Topliss-reactive ketones (excluding diaryl/α,β-unsaturated/α-hetero) is 1. The van der Waals surface area contributed by atoms with Gasteiger partial charge in [0.05, 0.1) is 20.6 Å². The number of benzene rings is 2. The van der Waals surface area contributed by atoms with Gasteiger partial charge in [-0.1, -0.05) is 12.1 Å². The van der Waals surface area contributed by atoms with Crippen LogP contribution in [0.15, 0.2) is 30.3 Å². The Bertz CT molecular complexity index is 751. The van der Waals surface area contributed by atoms with Crippen molar-refractivity contribution in [1.82, 2.24) is 0 Å². The van der Waals surface area contributed by atoms with Gasteiger partial charge in [0.2, 0.25) is 5.75 Å². The fraction of sp³-hybridized carbons (Fsp3) is 0.235. The number of rotatable bonds is 3. The lowest BCUT2D eigenvalue weighted by molar-refractivity contribution is 0.0843. The molecule has 6 heteroatoms. The summed E-state index contributed by atoms with van der Waals surface area (Å²) in [6.45, 7) is 0. The summed E-state index contributed by atoms with van der Waals surface area (Å²) in [5, 5.41) is 19.8. The SMILES string of the molecule is COc1ccc(C2CC(=O)c3c(cc(OC)c(O)c3O)O2)cc1. The van der Waals surface area contributed by atoms with Gasteiger partial charge in [-0.25, -0.2) is 0 Å². The molecule has 0 spiro atoms. The summed E-state index contributed by atoms with van der Waals surface area (Å²) in [6.07, 6.45) is -0.409. The van der Waals surface area contributed by atoms with Gasteiger partial charge in [0.25, 0.3) is 0 Å². The Morgan fingerprint density at radius 2 is 1.78 bits per heavy atom. The van der Waals surface area contributed by atoms with Crippen molar-refractivity contribution < 1.29 is 29.2 Å². The highest BCUT2D eigenvalue weighted by molar-refractivity contribution is 6.03. The van der Waals surface area contributed by atoms with Gasteiger partial charge in [-0.3, -0.25) is 4.79 Å². The first kappa shape index (κ1) is 15.0. The van der Waals surface area contributed by atoms with Gasteiger partial charge < -0.3 is 24.4 Å². The second kappa shape index (κ2) is 5.72. The van der Waals surface area contributed by atoms with Crippen LogP contribution in [0.4, 0.5) is 0 Å². The zero-order valence-corrected chi connectivity index (χ0v) is 12.7. The number of phenolic OH excluding ortho intramolecular Hbond substituents is 2. The lowest BCUT2D eigenvalue weighted by Crippen LogP contribution is -2.20. The minimum absolute atomic E-state index is 0.0203. The summed E-state index contributed by atoms with van der Waals surface area (Å²) in [7, 11) is 2.93. The van der Waals surface area contributed by atoms with Crippen molar-refractivity contribution >= 4 is 5.78 Å². The molecule has 3 rings (SSSR count). The standard InChI is InChI=1S/C17H16O6/c1-21-10-5-3-9(4-6-10)12-7-11(18)15-13(23-12)8-14(22-2)16(19)17(15)20/h3-6,8,12,19-20H,7H2,1-2H3. The van der Waals surface area contributed by atoms with Crippen LogP contribution in [0.1, 0.15) is 28.4 Å². The molecule has 0 aromatic heterocycles. The number of hydrogen-bond donors (Lipinski definition) is 2. The molecule has 2 aromatic carbocycles. The molecule has 0 amide bonds. The first-order valence-electron chi connectivity index (χ1n) is 7.02. The monoisotopic (exact) mass is 316 g/mol. The molecule has 1 aliphatic heterocycles. The van der Waals surface area contributed by atoms with E-state index >= 15 is 0 Å². The maximum absolute atomic E-state index is 12.3. The van der Waals surface area contributed by atoms with Gasteiger partial charge in [0.15, 0.2) is 17.3 Å². The molecule has 1 atom stereocenters. The van der Waals surface area contributed by atoms with Crippen LogP contribution in [0.25, 0.3) is 0 Å². The number of fused-ring (bicyclic) bond motifs is 1. The maximum atomic E-state index is 12.3. The Hall–Kier alpha value is -2.89. The molecule has 1 heterocycles. The predicted octanol–water partition coefficient (Wildman–Crippen LogP) is 2.82. The van der Waals surface area contributed by atoms with Crippen LogP contribution < -0.4 is 14.2 Å². The summed E-state index contributed by atoms with van der Waals surface area (Å²) in [5.74, 6) is -0.342. The molecular formula is C17H16O6. The van der Waals surface area contributed by atoms with Crippen molar-refractivity contribution in [2.24, 2.45) is 0 Å². The highest BCUT2D eigenvalue weighted by Gasteiger charge is 2.33. The minimum atomic E-state index is -0.516. The van der Waals surface area contributed by atoms with E-state index < -0.39 is 17.6 Å². The van der Waals surface area contributed by atoms with Crippen LogP contribution in [0, 0.1) is 0 Å². The average molecular weight is 316 g/mol. The molecular weight excluding hydrogens is 300 g/mol. The summed E-state index contributed by atoms with van der Waals surface area (Å²) >= 11 is 0. The summed E-state index contributed by atoms with van der Waals surface area (Å²) < 4.78 is 15.9. The minimum Gasteiger partial charge on any atom is -0.504 e. The van der Waals surface area contributed by atoms with Crippen LogP contribution in [-0.2, 0) is 0 Å². The fourth-order valence-corrected chi connectivity index (χ4v) is 2.60. The Kier molecular flexibility index (Phi) is 3.73. The zero-order valence-electron chi connectivity index (χ0n) is 12.7. The van der Waals surface area contributed by atoms with Crippen molar-refractivity contribution in [1.29, 1.82) is 0 Å². The molecule has 0 fully saturated rings. The molecule has 2 N–H and O–H groups in total. The quantitative estimate of drug-likeness (QED) is 0.847. The van der Waals surface area contributed by atoms with Crippen molar-refractivity contribution in [3.8, 4) is 28.7 Å². The van der Waals surface area contributed by atoms with E-state index in [1.165, 1.54) is 13.2 Å². The molecule has 0 bridgehead atoms. The number of phenols is 2. The largest absolute Gasteiger partial charge is 0.504 e. The lowest BCUT2D eigenvalue weighted by Gasteiger charge is -2.26. The number of carbonyl (C=O) groups excluding carboxylic acids is 1. The van der Waals surface area contributed by atoms with E-state index in [9.17, 15) is 15.0 Å². The predicted molar refractivity (Wildman–Crippen MR) is 81.6 cm³/mol. The topological polar surface area (TPSA) is 85.2 Å². The summed E-state index contributed by atoms with van der Waals surface area (Å²) in [6, 6.07) is 8.61. The second-order valence-corrected chi connectivity index (χ2v) is 5.16. The van der Waals surface area contributed by atoms with Crippen LogP contribution in [0.5, 0.6) is 28.7 Å². The Balaban J connectivity index is 1.99. The van der Waals surface area contributed by atoms with E-state index in [0.29, 0.717) is 5.75 Å². The molecule has 23 heavy (non-hydrogen) atoms. The van der Waals surface area contributed by atoms with E-state index in [2.05, 4.69) is 0 Å². The van der Waals surface area contributed by atoms with Crippen molar-refractivity contribution in [2.45, 2.75) is 12.5 Å². The van der Waals surface area contributed by atoms with E-state index in [4.69, 9.17) is 14.2 Å². The molecule has 0 saturated heterocycles. The fourth-order valence-electron chi connectivity index (χ4n) is 2.60. The number of aromatic hydroxyl groups is 2. The van der Waals surface area contributed by atoms with E-state index in [1.54, 1.807) is 19.2 Å². The molecule has 0 saturated carbocycles. The molecule has 6 nitrogen and oxygen atoms in total.